The fourth-order valence-corrected chi connectivity index (χ4v) is 1.72. The molecule has 0 spiro atoms. The monoisotopic (exact) mass is 190 g/mol. The van der Waals surface area contributed by atoms with Crippen LogP contribution in [0.1, 0.15) is 11.3 Å². The third-order valence-corrected chi connectivity index (χ3v) is 2.49. The molecule has 1 heterocycles. The first-order valence-corrected chi connectivity index (χ1v) is 4.44. The Hall–Kier alpha value is -1.77. The largest absolute Gasteiger partial charge is 0.507 e. The van der Waals surface area contributed by atoms with E-state index in [2.05, 4.69) is 0 Å². The van der Waals surface area contributed by atoms with Crippen LogP contribution in [0, 0.1) is 13.8 Å². The van der Waals surface area contributed by atoms with E-state index >= 15 is 0 Å². The van der Waals surface area contributed by atoms with Crippen LogP contribution in [0.2, 0.25) is 0 Å². The number of pyridine rings is 1. The summed E-state index contributed by atoms with van der Waals surface area (Å²) >= 11 is 0. The minimum atomic E-state index is 0.253. The van der Waals surface area contributed by atoms with Crippen molar-refractivity contribution in [3.63, 3.8) is 0 Å². The average molecular weight is 190 g/mol. The molecule has 2 aromatic rings. The Balaban J connectivity index is 3.02. The molecule has 0 radical (unpaired) electrons. The van der Waals surface area contributed by atoms with Crippen molar-refractivity contribution in [2.45, 2.75) is 13.8 Å². The third-order valence-electron chi connectivity index (χ3n) is 2.49. The second-order valence-electron chi connectivity index (χ2n) is 3.44. The first-order chi connectivity index (χ1) is 6.61. The molecule has 0 fully saturated rings. The number of aryl methyl sites for hydroxylation is 2. The lowest BCUT2D eigenvalue weighted by molar-refractivity contribution is -0.908. The van der Waals surface area contributed by atoms with Gasteiger partial charge in [-0.15, -0.1) is 0 Å². The predicted molar refractivity (Wildman–Crippen MR) is 52.5 cm³/mol. The number of hydrogen-bond donors (Lipinski definition) is 2. The maximum atomic E-state index is 9.68. The molecule has 0 aliphatic heterocycles. The minimum absolute atomic E-state index is 0.253. The molecule has 3 nitrogen and oxygen atoms in total. The Labute approximate surface area is 81.8 Å². The Kier molecular flexibility index (Phi) is 1.81. The Bertz CT molecular complexity index is 506. The fourth-order valence-electron chi connectivity index (χ4n) is 1.72. The van der Waals surface area contributed by atoms with E-state index in [0.29, 0.717) is 0 Å². The van der Waals surface area contributed by atoms with Crippen molar-refractivity contribution in [2.24, 2.45) is 0 Å². The second kappa shape index (κ2) is 2.87. The lowest BCUT2D eigenvalue weighted by Gasteiger charge is -2.03. The van der Waals surface area contributed by atoms with E-state index in [9.17, 15) is 10.3 Å². The molecule has 1 aromatic carbocycles. The normalized spacial score (nSPS) is 10.7. The van der Waals surface area contributed by atoms with E-state index in [1.807, 2.05) is 13.0 Å². The summed E-state index contributed by atoms with van der Waals surface area (Å²) in [5.74, 6) is 0.253. The molecular weight excluding hydrogens is 178 g/mol. The van der Waals surface area contributed by atoms with Gasteiger partial charge in [-0.25, -0.2) is 0 Å². The van der Waals surface area contributed by atoms with Crippen LogP contribution in [-0.2, 0) is 0 Å². The van der Waals surface area contributed by atoms with Crippen LogP contribution in [0.25, 0.3) is 10.8 Å². The molecule has 2 rings (SSSR count). The number of phenols is 1. The van der Waals surface area contributed by atoms with Crippen LogP contribution in [0.5, 0.6) is 5.75 Å². The van der Waals surface area contributed by atoms with Crippen LogP contribution in [-0.4, -0.2) is 10.3 Å². The number of rotatable bonds is 0. The van der Waals surface area contributed by atoms with Crippen LogP contribution < -0.4 is 4.73 Å². The molecule has 2 N–H and O–H groups in total. The average Bonchev–Trinajstić information content (AvgIpc) is 2.14. The molecule has 0 bridgehead atoms. The van der Waals surface area contributed by atoms with Gasteiger partial charge in [0, 0.05) is 22.6 Å². The van der Waals surface area contributed by atoms with Crippen molar-refractivity contribution >= 4 is 10.8 Å². The quantitative estimate of drug-likeness (QED) is 0.490. The highest BCUT2D eigenvalue weighted by molar-refractivity contribution is 5.91. The van der Waals surface area contributed by atoms with E-state index in [1.165, 1.54) is 0 Å². The zero-order chi connectivity index (χ0) is 10.3. The highest BCUT2D eigenvalue weighted by Gasteiger charge is 2.14. The fraction of sp³-hybridized carbons (Fsp3) is 0.182. The highest BCUT2D eigenvalue weighted by Crippen LogP contribution is 2.27. The maximum absolute atomic E-state index is 9.68. The number of nitrogens with zero attached hydrogens (tertiary/aromatic N) is 1. The smallest absolute Gasteiger partial charge is 0.238 e. The van der Waals surface area contributed by atoms with E-state index in [0.717, 1.165) is 26.8 Å². The van der Waals surface area contributed by atoms with E-state index in [4.69, 9.17) is 0 Å². The van der Waals surface area contributed by atoms with Gasteiger partial charge in [0.15, 0.2) is 0 Å². The molecule has 72 valence electrons. The minimum Gasteiger partial charge on any atom is -0.507 e. The van der Waals surface area contributed by atoms with Gasteiger partial charge in [0.2, 0.25) is 11.9 Å². The van der Waals surface area contributed by atoms with Crippen LogP contribution >= 0.6 is 0 Å². The molecule has 0 atom stereocenters. The topological polar surface area (TPSA) is 44.3 Å². The predicted octanol–water partition coefficient (Wildman–Crippen LogP) is 1.69. The van der Waals surface area contributed by atoms with Gasteiger partial charge in [0.1, 0.15) is 5.75 Å². The summed E-state index contributed by atoms with van der Waals surface area (Å²) in [6.45, 7) is 3.66. The van der Waals surface area contributed by atoms with Crippen molar-refractivity contribution in [3.8, 4) is 5.75 Å². The SMILES string of the molecule is Cc1c[n+](O)c(C)c2cccc(O)c12. The van der Waals surface area contributed by atoms with Crippen molar-refractivity contribution in [2.75, 3.05) is 0 Å². The molecule has 0 saturated carbocycles. The van der Waals surface area contributed by atoms with Gasteiger partial charge in [-0.1, -0.05) is 6.07 Å². The van der Waals surface area contributed by atoms with Crippen LogP contribution in [0.4, 0.5) is 0 Å². The standard InChI is InChI=1S/C11H11NO2/c1-7-6-12(14)8(2)9-4-3-5-10(13)11(7)9/h3-6H,1-2H3,(H-,13,14)/p+1. The van der Waals surface area contributed by atoms with Crippen molar-refractivity contribution < 1.29 is 15.0 Å². The van der Waals surface area contributed by atoms with Gasteiger partial charge in [-0.3, -0.25) is 5.21 Å². The maximum Gasteiger partial charge on any atom is 0.238 e. The summed E-state index contributed by atoms with van der Waals surface area (Å²) in [4.78, 5) is 0. The number of aromatic hydroxyl groups is 1. The summed E-state index contributed by atoms with van der Waals surface area (Å²) < 4.78 is 1.08. The Morgan fingerprint density at radius 2 is 1.93 bits per heavy atom. The Morgan fingerprint density at radius 3 is 2.64 bits per heavy atom. The summed E-state index contributed by atoms with van der Waals surface area (Å²) in [6.07, 6.45) is 1.59. The summed E-state index contributed by atoms with van der Waals surface area (Å²) in [5, 5.41) is 20.9. The Morgan fingerprint density at radius 1 is 1.21 bits per heavy atom. The first-order valence-electron chi connectivity index (χ1n) is 4.44. The third kappa shape index (κ3) is 1.09. The number of aromatic nitrogens is 1. The lowest BCUT2D eigenvalue weighted by atomic mass is 10.1. The number of hydrogen-bond acceptors (Lipinski definition) is 2. The molecule has 14 heavy (non-hydrogen) atoms. The van der Waals surface area contributed by atoms with E-state index in [1.54, 1.807) is 25.3 Å². The second-order valence-corrected chi connectivity index (χ2v) is 3.44. The number of fused-ring (bicyclic) bond motifs is 1. The lowest BCUT2D eigenvalue weighted by Crippen LogP contribution is -2.33. The van der Waals surface area contributed by atoms with E-state index < -0.39 is 0 Å². The van der Waals surface area contributed by atoms with Crippen molar-refractivity contribution in [1.82, 2.24) is 0 Å². The van der Waals surface area contributed by atoms with Gasteiger partial charge < -0.3 is 5.11 Å². The first kappa shape index (κ1) is 8.81. The van der Waals surface area contributed by atoms with Crippen molar-refractivity contribution in [1.29, 1.82) is 0 Å². The molecule has 0 unspecified atom stereocenters. The molecule has 0 saturated heterocycles. The molecule has 1 aromatic heterocycles. The van der Waals surface area contributed by atoms with Crippen molar-refractivity contribution in [3.05, 3.63) is 35.7 Å². The van der Waals surface area contributed by atoms with Gasteiger partial charge in [-0.2, -0.15) is 0 Å². The summed E-state index contributed by atoms with van der Waals surface area (Å²) in [7, 11) is 0. The zero-order valence-corrected chi connectivity index (χ0v) is 8.15. The summed E-state index contributed by atoms with van der Waals surface area (Å²) in [5.41, 5.74) is 1.58. The molecule has 0 aliphatic rings. The number of phenolic OH excluding ortho intramolecular Hbond substituents is 1. The van der Waals surface area contributed by atoms with Crippen LogP contribution in [0.3, 0.4) is 0 Å². The van der Waals surface area contributed by atoms with Gasteiger partial charge in [-0.05, 0) is 19.1 Å². The van der Waals surface area contributed by atoms with Crippen LogP contribution in [0.15, 0.2) is 24.4 Å². The van der Waals surface area contributed by atoms with Gasteiger partial charge in [0.05, 0.1) is 5.39 Å². The zero-order valence-electron chi connectivity index (χ0n) is 8.15. The number of benzene rings is 1. The highest BCUT2D eigenvalue weighted by atomic mass is 16.5. The van der Waals surface area contributed by atoms with Gasteiger partial charge in [0.25, 0.3) is 0 Å². The molecule has 3 heteroatoms. The molecular formula is C11H12NO2+. The van der Waals surface area contributed by atoms with E-state index in [-0.39, 0.29) is 5.75 Å². The molecule has 0 aliphatic carbocycles. The molecule has 0 amide bonds. The van der Waals surface area contributed by atoms with Gasteiger partial charge >= 0.3 is 0 Å². The summed E-state index contributed by atoms with van der Waals surface area (Å²) in [6, 6.07) is 5.30.